The van der Waals surface area contributed by atoms with Crippen LogP contribution in [0.3, 0.4) is 0 Å². The first-order valence-corrected chi connectivity index (χ1v) is 10.1. The van der Waals surface area contributed by atoms with Crippen molar-refractivity contribution in [1.82, 2.24) is 4.90 Å². The molecule has 1 aliphatic heterocycles. The van der Waals surface area contributed by atoms with Crippen molar-refractivity contribution >= 4 is 40.2 Å². The number of nitrogens with two attached hydrogens (primary N) is 2. The van der Waals surface area contributed by atoms with Crippen molar-refractivity contribution < 1.29 is 23.9 Å². The Hall–Kier alpha value is -3.40. The van der Waals surface area contributed by atoms with E-state index in [1.807, 2.05) is 0 Å². The van der Waals surface area contributed by atoms with Gasteiger partial charge in [0, 0.05) is 17.0 Å². The maximum atomic E-state index is 12.8. The Labute approximate surface area is 177 Å². The number of esters is 1. The van der Waals surface area contributed by atoms with Crippen LogP contribution in [0, 0.1) is 0 Å². The number of piperidine rings is 1. The zero-order chi connectivity index (χ0) is 21.8. The van der Waals surface area contributed by atoms with E-state index in [9.17, 15) is 19.2 Å². The van der Waals surface area contributed by atoms with Crippen LogP contribution in [0.2, 0.25) is 0 Å². The number of ketones is 1. The standard InChI is InChI=1S/C20H22N4O5S/c1-11(25)12-4-6-13(7-5-12)16-9-15(17(30-16)23-19(21)27)18(26)29-14-3-2-8-24(10-14)20(22)28/h4-7,9,14H,2-3,8,10H2,1H3,(H2,22,28)(H3,21,23,27). The third-order valence-corrected chi connectivity index (χ3v) is 5.83. The van der Waals surface area contributed by atoms with E-state index in [0.29, 0.717) is 29.8 Å². The first-order valence-electron chi connectivity index (χ1n) is 9.31. The summed E-state index contributed by atoms with van der Waals surface area (Å²) >= 11 is 1.17. The molecular formula is C20H22N4O5S. The Morgan fingerprint density at radius 1 is 1.17 bits per heavy atom. The van der Waals surface area contributed by atoms with Gasteiger partial charge in [-0.1, -0.05) is 24.3 Å². The maximum absolute atomic E-state index is 12.8. The third kappa shape index (κ3) is 4.95. The van der Waals surface area contributed by atoms with Crippen LogP contribution in [-0.2, 0) is 4.74 Å². The Balaban J connectivity index is 1.83. The lowest BCUT2D eigenvalue weighted by atomic mass is 10.1. The second kappa shape index (κ2) is 8.95. The fourth-order valence-electron chi connectivity index (χ4n) is 3.21. The predicted molar refractivity (Wildman–Crippen MR) is 113 cm³/mol. The van der Waals surface area contributed by atoms with Crippen LogP contribution < -0.4 is 16.8 Å². The predicted octanol–water partition coefficient (Wildman–Crippen LogP) is 2.81. The second-order valence-corrected chi connectivity index (χ2v) is 7.98. The van der Waals surface area contributed by atoms with E-state index in [0.717, 1.165) is 5.56 Å². The highest BCUT2D eigenvalue weighted by molar-refractivity contribution is 7.20. The topological polar surface area (TPSA) is 145 Å². The maximum Gasteiger partial charge on any atom is 0.341 e. The highest BCUT2D eigenvalue weighted by atomic mass is 32.1. The molecule has 1 saturated heterocycles. The molecule has 0 radical (unpaired) electrons. The lowest BCUT2D eigenvalue weighted by molar-refractivity contribution is 0.0129. The number of ether oxygens (including phenoxy) is 1. The van der Waals surface area contributed by atoms with E-state index in [1.54, 1.807) is 30.3 Å². The molecule has 30 heavy (non-hydrogen) atoms. The van der Waals surface area contributed by atoms with Gasteiger partial charge in [0.2, 0.25) is 0 Å². The molecule has 1 aromatic heterocycles. The molecule has 1 unspecified atom stereocenters. The number of urea groups is 2. The van der Waals surface area contributed by atoms with Gasteiger partial charge in [0.1, 0.15) is 11.1 Å². The average molecular weight is 430 g/mol. The Morgan fingerprint density at radius 2 is 1.87 bits per heavy atom. The summed E-state index contributed by atoms with van der Waals surface area (Å²) in [5.41, 5.74) is 12.1. The van der Waals surface area contributed by atoms with Gasteiger partial charge in [-0.05, 0) is 31.4 Å². The number of anilines is 1. The molecule has 0 aliphatic carbocycles. The Kier molecular flexibility index (Phi) is 6.36. The number of hydrogen-bond acceptors (Lipinski definition) is 6. The molecule has 5 N–H and O–H groups in total. The number of primary amides is 2. The molecule has 2 aromatic rings. The summed E-state index contributed by atoms with van der Waals surface area (Å²) in [6, 6.07) is 7.15. The zero-order valence-corrected chi connectivity index (χ0v) is 17.2. The molecule has 1 aromatic carbocycles. The second-order valence-electron chi connectivity index (χ2n) is 6.93. The first-order chi connectivity index (χ1) is 14.2. The molecule has 9 nitrogen and oxygen atoms in total. The van der Waals surface area contributed by atoms with Gasteiger partial charge < -0.3 is 21.1 Å². The van der Waals surface area contributed by atoms with E-state index in [4.69, 9.17) is 16.2 Å². The number of nitrogens with zero attached hydrogens (tertiary/aromatic N) is 1. The molecule has 0 bridgehead atoms. The van der Waals surface area contributed by atoms with Crippen LogP contribution in [0.5, 0.6) is 0 Å². The first kappa shape index (κ1) is 21.3. The fraction of sp³-hybridized carbons (Fsp3) is 0.300. The smallest absolute Gasteiger partial charge is 0.341 e. The summed E-state index contributed by atoms with van der Waals surface area (Å²) in [4.78, 5) is 49.2. The summed E-state index contributed by atoms with van der Waals surface area (Å²) in [5, 5.41) is 2.72. The number of carbonyl (C=O) groups is 4. The van der Waals surface area contributed by atoms with Crippen LogP contribution in [0.1, 0.15) is 40.5 Å². The van der Waals surface area contributed by atoms with Gasteiger partial charge in [-0.25, -0.2) is 14.4 Å². The van der Waals surface area contributed by atoms with Gasteiger partial charge in [0.25, 0.3) is 0 Å². The van der Waals surface area contributed by atoms with Gasteiger partial charge >= 0.3 is 18.0 Å². The van der Waals surface area contributed by atoms with E-state index in [1.165, 1.54) is 23.2 Å². The number of Topliss-reactive ketones (excluding diaryl/α,β-unsaturated/α-hetero) is 1. The number of thiophene rings is 1. The summed E-state index contributed by atoms with van der Waals surface area (Å²) < 4.78 is 5.56. The summed E-state index contributed by atoms with van der Waals surface area (Å²) in [5.74, 6) is -0.677. The van der Waals surface area contributed by atoms with Crippen molar-refractivity contribution in [3.05, 3.63) is 41.5 Å². The van der Waals surface area contributed by atoms with Crippen molar-refractivity contribution in [2.75, 3.05) is 18.4 Å². The molecule has 1 aliphatic rings. The fourth-order valence-corrected chi connectivity index (χ4v) is 4.26. The zero-order valence-electron chi connectivity index (χ0n) is 16.3. The lowest BCUT2D eigenvalue weighted by Gasteiger charge is -2.31. The van der Waals surface area contributed by atoms with Crippen LogP contribution in [0.4, 0.5) is 14.6 Å². The Bertz CT molecular complexity index is 986. The Morgan fingerprint density at radius 3 is 2.47 bits per heavy atom. The minimum absolute atomic E-state index is 0.0504. The van der Waals surface area contributed by atoms with Crippen LogP contribution in [0.25, 0.3) is 10.4 Å². The highest BCUT2D eigenvalue weighted by Gasteiger charge is 2.27. The molecule has 4 amide bonds. The minimum Gasteiger partial charge on any atom is -0.457 e. The van der Waals surface area contributed by atoms with Gasteiger partial charge in [-0.2, -0.15) is 0 Å². The highest BCUT2D eigenvalue weighted by Crippen LogP contribution is 2.36. The minimum atomic E-state index is -0.804. The number of nitrogens with one attached hydrogen (secondary N) is 1. The molecule has 0 spiro atoms. The largest absolute Gasteiger partial charge is 0.457 e. The molecule has 1 atom stereocenters. The number of hydrogen-bond donors (Lipinski definition) is 3. The molecule has 3 rings (SSSR count). The number of carbonyl (C=O) groups excluding carboxylic acids is 4. The average Bonchev–Trinajstić information content (AvgIpc) is 3.11. The monoisotopic (exact) mass is 430 g/mol. The molecular weight excluding hydrogens is 408 g/mol. The molecule has 0 saturated carbocycles. The lowest BCUT2D eigenvalue weighted by Crippen LogP contribution is -2.46. The van der Waals surface area contributed by atoms with Crippen molar-refractivity contribution in [3.8, 4) is 10.4 Å². The van der Waals surface area contributed by atoms with Crippen molar-refractivity contribution in [2.24, 2.45) is 11.5 Å². The number of rotatable bonds is 5. The SMILES string of the molecule is CC(=O)c1ccc(-c2cc(C(=O)OC3CCCN(C(N)=O)C3)c(NC(N)=O)s2)cc1. The van der Waals surface area contributed by atoms with E-state index >= 15 is 0 Å². The van der Waals surface area contributed by atoms with E-state index in [2.05, 4.69) is 5.32 Å². The van der Waals surface area contributed by atoms with Crippen LogP contribution in [-0.4, -0.2) is 47.9 Å². The van der Waals surface area contributed by atoms with Crippen molar-refractivity contribution in [1.29, 1.82) is 0 Å². The summed E-state index contributed by atoms with van der Waals surface area (Å²) in [6.45, 7) is 2.23. The van der Waals surface area contributed by atoms with E-state index in [-0.39, 0.29) is 22.9 Å². The number of likely N-dealkylation sites (tertiary alicyclic amines) is 1. The van der Waals surface area contributed by atoms with Gasteiger partial charge in [0.05, 0.1) is 12.1 Å². The summed E-state index contributed by atoms with van der Waals surface area (Å²) in [7, 11) is 0. The van der Waals surface area contributed by atoms with Gasteiger partial charge in [0.15, 0.2) is 5.78 Å². The van der Waals surface area contributed by atoms with E-state index < -0.39 is 24.1 Å². The number of amides is 4. The third-order valence-electron chi connectivity index (χ3n) is 4.73. The van der Waals surface area contributed by atoms with Crippen LogP contribution in [0.15, 0.2) is 30.3 Å². The quantitative estimate of drug-likeness (QED) is 0.493. The van der Waals surface area contributed by atoms with Gasteiger partial charge in [-0.3, -0.25) is 10.1 Å². The van der Waals surface area contributed by atoms with Crippen molar-refractivity contribution in [3.63, 3.8) is 0 Å². The number of benzene rings is 1. The summed E-state index contributed by atoms with van der Waals surface area (Å²) in [6.07, 6.45) is 0.792. The molecule has 2 heterocycles. The molecule has 158 valence electrons. The normalized spacial score (nSPS) is 16.0. The van der Waals surface area contributed by atoms with Gasteiger partial charge in [-0.15, -0.1) is 11.3 Å². The molecule has 10 heteroatoms. The molecule has 1 fully saturated rings. The van der Waals surface area contributed by atoms with Crippen LogP contribution >= 0.6 is 11.3 Å². The van der Waals surface area contributed by atoms with Crippen molar-refractivity contribution in [2.45, 2.75) is 25.9 Å².